The molecular formula is C24H36N2O5. The molecule has 172 valence electrons. The molecule has 1 aromatic heterocycles. The molecular weight excluding hydrogens is 396 g/mol. The fraction of sp³-hybridized carbons (Fsp3) is 0.708. The van der Waals surface area contributed by atoms with E-state index in [0.29, 0.717) is 13.2 Å². The molecule has 2 aliphatic rings. The number of rotatable bonds is 5. The Morgan fingerprint density at radius 2 is 1.90 bits per heavy atom. The first-order valence-electron chi connectivity index (χ1n) is 11.5. The van der Waals surface area contributed by atoms with Crippen molar-refractivity contribution in [3.05, 3.63) is 33.2 Å². The standard InChI is InChI=1S/C24H36N2O5/c1-24(2,3)20(23(29)30-4)25-21(27)18-14-16-10-7-5-6-8-12-19(16)26(22(18)28)15-17-11-9-13-31-17/h14,17,20H,5-13,15H2,1-4H3,(H,25,27)/t17?,20-/m1/s1. The van der Waals surface area contributed by atoms with Crippen molar-refractivity contribution in [2.45, 2.75) is 90.8 Å². The van der Waals surface area contributed by atoms with Crippen LogP contribution in [0.15, 0.2) is 10.9 Å². The number of fused-ring (bicyclic) bond motifs is 1. The summed E-state index contributed by atoms with van der Waals surface area (Å²) in [4.78, 5) is 39.0. The van der Waals surface area contributed by atoms with E-state index < -0.39 is 23.3 Å². The maximum absolute atomic E-state index is 13.5. The largest absolute Gasteiger partial charge is 0.467 e. The molecule has 1 aliphatic heterocycles. The number of carbonyl (C=O) groups excluding carboxylic acids is 2. The summed E-state index contributed by atoms with van der Waals surface area (Å²) in [6.45, 7) is 6.75. The second kappa shape index (κ2) is 9.98. The highest BCUT2D eigenvalue weighted by molar-refractivity contribution is 5.97. The first-order valence-corrected chi connectivity index (χ1v) is 11.5. The first kappa shape index (κ1) is 23.5. The third-order valence-corrected chi connectivity index (χ3v) is 6.33. The van der Waals surface area contributed by atoms with E-state index in [1.54, 1.807) is 10.6 Å². The fourth-order valence-electron chi connectivity index (χ4n) is 4.54. The van der Waals surface area contributed by atoms with Gasteiger partial charge in [0.1, 0.15) is 11.6 Å². The average molecular weight is 433 g/mol. The molecule has 1 amide bonds. The Labute approximate surface area is 184 Å². The van der Waals surface area contributed by atoms with Gasteiger partial charge in [-0.05, 0) is 55.6 Å². The zero-order valence-corrected chi connectivity index (χ0v) is 19.3. The average Bonchev–Trinajstić information content (AvgIpc) is 3.20. The van der Waals surface area contributed by atoms with Gasteiger partial charge in [-0.3, -0.25) is 9.59 Å². The normalized spacial score (nSPS) is 20.3. The van der Waals surface area contributed by atoms with Crippen LogP contribution in [-0.2, 0) is 33.7 Å². The van der Waals surface area contributed by atoms with E-state index in [4.69, 9.17) is 9.47 Å². The van der Waals surface area contributed by atoms with Gasteiger partial charge in [-0.1, -0.05) is 33.6 Å². The second-order valence-corrected chi connectivity index (χ2v) is 9.79. The molecule has 1 unspecified atom stereocenters. The zero-order valence-electron chi connectivity index (χ0n) is 19.3. The lowest BCUT2D eigenvalue weighted by molar-refractivity contribution is -0.145. The number of hydrogen-bond donors (Lipinski definition) is 1. The second-order valence-electron chi connectivity index (χ2n) is 9.79. The van der Waals surface area contributed by atoms with Crippen molar-refractivity contribution in [3.8, 4) is 0 Å². The maximum atomic E-state index is 13.5. The third-order valence-electron chi connectivity index (χ3n) is 6.33. The molecule has 1 saturated heterocycles. The molecule has 1 N–H and O–H groups in total. The highest BCUT2D eigenvalue weighted by atomic mass is 16.5. The number of carbonyl (C=O) groups is 2. The topological polar surface area (TPSA) is 86.6 Å². The number of esters is 1. The van der Waals surface area contributed by atoms with E-state index in [0.717, 1.165) is 62.6 Å². The minimum atomic E-state index is -0.849. The van der Waals surface area contributed by atoms with Crippen LogP contribution in [0.25, 0.3) is 0 Å². The van der Waals surface area contributed by atoms with Gasteiger partial charge in [-0.25, -0.2) is 4.79 Å². The molecule has 3 rings (SSSR count). The lowest BCUT2D eigenvalue weighted by Gasteiger charge is -2.29. The van der Waals surface area contributed by atoms with Gasteiger partial charge >= 0.3 is 5.97 Å². The zero-order chi connectivity index (χ0) is 22.6. The predicted molar refractivity (Wildman–Crippen MR) is 118 cm³/mol. The Morgan fingerprint density at radius 1 is 1.19 bits per heavy atom. The Balaban J connectivity index is 2.00. The number of methoxy groups -OCH3 is 1. The van der Waals surface area contributed by atoms with Gasteiger partial charge in [-0.2, -0.15) is 0 Å². The summed E-state index contributed by atoms with van der Waals surface area (Å²) < 4.78 is 12.5. The van der Waals surface area contributed by atoms with Crippen LogP contribution in [0.4, 0.5) is 0 Å². The van der Waals surface area contributed by atoms with Crippen molar-refractivity contribution in [2.24, 2.45) is 5.41 Å². The minimum absolute atomic E-state index is 0.00273. The van der Waals surface area contributed by atoms with Crippen molar-refractivity contribution in [1.82, 2.24) is 9.88 Å². The van der Waals surface area contributed by atoms with Crippen LogP contribution in [-0.4, -0.2) is 42.3 Å². The number of nitrogens with one attached hydrogen (secondary N) is 1. The van der Waals surface area contributed by atoms with Gasteiger partial charge < -0.3 is 19.4 Å². The first-order chi connectivity index (χ1) is 14.7. The fourth-order valence-corrected chi connectivity index (χ4v) is 4.54. The Kier molecular flexibility index (Phi) is 7.57. The highest BCUT2D eigenvalue weighted by Crippen LogP contribution is 2.24. The molecule has 1 fully saturated rings. The van der Waals surface area contributed by atoms with Gasteiger partial charge in [0.05, 0.1) is 19.8 Å². The van der Waals surface area contributed by atoms with Gasteiger partial charge in [0.25, 0.3) is 11.5 Å². The van der Waals surface area contributed by atoms with Crippen LogP contribution in [0.2, 0.25) is 0 Å². The van der Waals surface area contributed by atoms with Crippen LogP contribution in [0.1, 0.15) is 80.9 Å². The summed E-state index contributed by atoms with van der Waals surface area (Å²) in [6, 6.07) is 0.902. The van der Waals surface area contributed by atoms with Crippen LogP contribution in [0.3, 0.4) is 0 Å². The maximum Gasteiger partial charge on any atom is 0.328 e. The third kappa shape index (κ3) is 5.56. The van der Waals surface area contributed by atoms with Crippen molar-refractivity contribution in [3.63, 3.8) is 0 Å². The molecule has 1 aliphatic carbocycles. The summed E-state index contributed by atoms with van der Waals surface area (Å²) in [6.07, 6.45) is 8.00. The predicted octanol–water partition coefficient (Wildman–Crippen LogP) is 3.00. The molecule has 0 bridgehead atoms. The van der Waals surface area contributed by atoms with E-state index in [9.17, 15) is 14.4 Å². The van der Waals surface area contributed by atoms with E-state index in [-0.39, 0.29) is 17.2 Å². The van der Waals surface area contributed by atoms with Crippen LogP contribution in [0.5, 0.6) is 0 Å². The summed E-state index contributed by atoms with van der Waals surface area (Å²) in [5.41, 5.74) is 1.34. The summed E-state index contributed by atoms with van der Waals surface area (Å²) in [7, 11) is 1.30. The number of aryl methyl sites for hydroxylation is 1. The lowest BCUT2D eigenvalue weighted by atomic mass is 9.86. The van der Waals surface area contributed by atoms with Crippen LogP contribution >= 0.6 is 0 Å². The minimum Gasteiger partial charge on any atom is -0.467 e. The van der Waals surface area contributed by atoms with Gasteiger partial charge in [0.15, 0.2) is 0 Å². The number of ether oxygens (including phenoxy) is 2. The van der Waals surface area contributed by atoms with Crippen molar-refractivity contribution >= 4 is 11.9 Å². The number of aromatic nitrogens is 1. The number of amides is 1. The van der Waals surface area contributed by atoms with Crippen molar-refractivity contribution < 1.29 is 19.1 Å². The van der Waals surface area contributed by atoms with Crippen molar-refractivity contribution in [2.75, 3.05) is 13.7 Å². The smallest absolute Gasteiger partial charge is 0.328 e. The molecule has 31 heavy (non-hydrogen) atoms. The van der Waals surface area contributed by atoms with Gasteiger partial charge in [-0.15, -0.1) is 0 Å². The molecule has 2 heterocycles. The summed E-state index contributed by atoms with van der Waals surface area (Å²) in [5.74, 6) is -1.05. The number of hydrogen-bond acceptors (Lipinski definition) is 5. The van der Waals surface area contributed by atoms with E-state index in [1.165, 1.54) is 7.11 Å². The monoisotopic (exact) mass is 432 g/mol. The van der Waals surface area contributed by atoms with Crippen LogP contribution < -0.4 is 10.9 Å². The molecule has 0 saturated carbocycles. The van der Waals surface area contributed by atoms with E-state index >= 15 is 0 Å². The summed E-state index contributed by atoms with van der Waals surface area (Å²) >= 11 is 0. The van der Waals surface area contributed by atoms with Gasteiger partial charge in [0, 0.05) is 12.3 Å². The molecule has 0 aromatic carbocycles. The number of pyridine rings is 1. The SMILES string of the molecule is COC(=O)[C@@H](NC(=O)c1cc2c(n(CC3CCCO3)c1=O)CCCCCC2)C(C)(C)C. The molecule has 7 nitrogen and oxygen atoms in total. The number of nitrogens with zero attached hydrogens (tertiary/aromatic N) is 1. The summed E-state index contributed by atoms with van der Waals surface area (Å²) in [5, 5.41) is 2.76. The lowest BCUT2D eigenvalue weighted by Crippen LogP contribution is -2.51. The molecule has 0 spiro atoms. The molecule has 1 aromatic rings. The Morgan fingerprint density at radius 3 is 2.52 bits per heavy atom. The molecule has 2 atom stereocenters. The van der Waals surface area contributed by atoms with E-state index in [1.807, 2.05) is 20.8 Å². The highest BCUT2D eigenvalue weighted by Gasteiger charge is 2.35. The van der Waals surface area contributed by atoms with E-state index in [2.05, 4.69) is 5.32 Å². The Bertz CT molecular complexity index is 862. The van der Waals surface area contributed by atoms with Crippen LogP contribution in [0, 0.1) is 5.41 Å². The Hall–Kier alpha value is -2.15. The van der Waals surface area contributed by atoms with Gasteiger partial charge in [0.2, 0.25) is 0 Å². The molecule has 7 heteroatoms. The van der Waals surface area contributed by atoms with Crippen molar-refractivity contribution in [1.29, 1.82) is 0 Å². The quantitative estimate of drug-likeness (QED) is 0.723. The molecule has 0 radical (unpaired) electrons.